The lowest BCUT2D eigenvalue weighted by molar-refractivity contribution is 0.173. The Balaban J connectivity index is 3.02. The van der Waals surface area contributed by atoms with Crippen LogP contribution in [0, 0.1) is 6.92 Å². The zero-order valence-electron chi connectivity index (χ0n) is 8.28. The van der Waals surface area contributed by atoms with Gasteiger partial charge < -0.3 is 20.6 Å². The van der Waals surface area contributed by atoms with Crippen LogP contribution in [0.5, 0.6) is 11.5 Å². The molecule has 78 valence electrons. The molecule has 0 radical (unpaired) electrons. The van der Waals surface area contributed by atoms with Crippen molar-refractivity contribution in [2.24, 2.45) is 0 Å². The number of aromatic hydroxyl groups is 2. The summed E-state index contributed by atoms with van der Waals surface area (Å²) in [6, 6.07) is 2.82. The third kappa shape index (κ3) is 2.16. The first-order valence-electron chi connectivity index (χ1n) is 4.41. The van der Waals surface area contributed by atoms with Gasteiger partial charge >= 0.3 is 0 Å². The Hall–Kier alpha value is -1.26. The fourth-order valence-corrected chi connectivity index (χ4v) is 1.27. The molecule has 4 heteroatoms. The van der Waals surface area contributed by atoms with Crippen LogP contribution in [0.2, 0.25) is 0 Å². The summed E-state index contributed by atoms with van der Waals surface area (Å²) in [5, 5.41) is 31.3. The van der Waals surface area contributed by atoms with E-state index in [1.54, 1.807) is 14.0 Å². The van der Waals surface area contributed by atoms with Crippen molar-refractivity contribution >= 4 is 0 Å². The second-order valence-electron chi connectivity index (χ2n) is 3.27. The van der Waals surface area contributed by atoms with Crippen LogP contribution >= 0.6 is 0 Å². The number of aliphatic hydroxyl groups excluding tert-OH is 1. The quantitative estimate of drug-likeness (QED) is 0.537. The zero-order valence-corrected chi connectivity index (χ0v) is 8.28. The van der Waals surface area contributed by atoms with Crippen LogP contribution in [0.3, 0.4) is 0 Å². The second-order valence-corrected chi connectivity index (χ2v) is 3.27. The number of benzene rings is 1. The number of aryl methyl sites for hydroxylation is 1. The minimum Gasteiger partial charge on any atom is -0.508 e. The molecule has 0 spiro atoms. The van der Waals surface area contributed by atoms with Crippen molar-refractivity contribution in [3.63, 3.8) is 0 Å². The highest BCUT2D eigenvalue weighted by Crippen LogP contribution is 2.30. The fraction of sp³-hybridized carbons (Fsp3) is 0.400. The summed E-state index contributed by atoms with van der Waals surface area (Å²) in [7, 11) is 1.70. The summed E-state index contributed by atoms with van der Waals surface area (Å²) < 4.78 is 0. The molecule has 0 bridgehead atoms. The SMILES string of the molecule is CNCC(O)c1cc(O)c(C)cc1O. The molecular formula is C10H15NO3. The lowest BCUT2D eigenvalue weighted by Crippen LogP contribution is -2.16. The lowest BCUT2D eigenvalue weighted by Gasteiger charge is -2.13. The molecule has 0 aromatic heterocycles. The van der Waals surface area contributed by atoms with Crippen molar-refractivity contribution in [1.82, 2.24) is 5.32 Å². The smallest absolute Gasteiger partial charge is 0.121 e. The van der Waals surface area contributed by atoms with E-state index in [-0.39, 0.29) is 11.5 Å². The lowest BCUT2D eigenvalue weighted by atomic mass is 10.0. The summed E-state index contributed by atoms with van der Waals surface area (Å²) in [6.45, 7) is 2.01. The van der Waals surface area contributed by atoms with Crippen LogP contribution in [0.25, 0.3) is 0 Å². The van der Waals surface area contributed by atoms with Gasteiger partial charge in [0.2, 0.25) is 0 Å². The topological polar surface area (TPSA) is 72.7 Å². The average molecular weight is 197 g/mol. The number of hydrogen-bond acceptors (Lipinski definition) is 4. The summed E-state index contributed by atoms with van der Waals surface area (Å²) in [5.41, 5.74) is 0.922. The molecule has 0 amide bonds. The first-order valence-corrected chi connectivity index (χ1v) is 4.41. The number of phenols is 2. The fourth-order valence-electron chi connectivity index (χ4n) is 1.27. The predicted molar refractivity (Wildman–Crippen MR) is 53.4 cm³/mol. The second kappa shape index (κ2) is 4.30. The molecule has 1 aromatic rings. The van der Waals surface area contributed by atoms with Gasteiger partial charge in [0, 0.05) is 12.1 Å². The van der Waals surface area contributed by atoms with Crippen LogP contribution in [0.4, 0.5) is 0 Å². The first kappa shape index (κ1) is 10.8. The molecule has 1 rings (SSSR count). The highest BCUT2D eigenvalue weighted by Gasteiger charge is 2.13. The minimum atomic E-state index is -0.813. The summed E-state index contributed by atoms with van der Waals surface area (Å²) in [6.07, 6.45) is -0.813. The van der Waals surface area contributed by atoms with Gasteiger partial charge in [0.05, 0.1) is 6.10 Å². The van der Waals surface area contributed by atoms with Crippen LogP contribution in [0.15, 0.2) is 12.1 Å². The van der Waals surface area contributed by atoms with E-state index in [4.69, 9.17) is 0 Å². The van der Waals surface area contributed by atoms with Gasteiger partial charge in [-0.3, -0.25) is 0 Å². The Morgan fingerprint density at radius 2 is 1.93 bits per heavy atom. The molecule has 0 fully saturated rings. The van der Waals surface area contributed by atoms with Crippen LogP contribution < -0.4 is 5.32 Å². The standard InChI is InChI=1S/C10H15NO3/c1-6-3-9(13)7(4-8(6)12)10(14)5-11-2/h3-4,10-14H,5H2,1-2H3. The molecule has 0 aliphatic heterocycles. The highest BCUT2D eigenvalue weighted by molar-refractivity contribution is 5.45. The van der Waals surface area contributed by atoms with E-state index >= 15 is 0 Å². The number of hydrogen-bond donors (Lipinski definition) is 4. The molecule has 0 saturated heterocycles. The van der Waals surface area contributed by atoms with Gasteiger partial charge in [-0.25, -0.2) is 0 Å². The number of aliphatic hydroxyl groups is 1. The molecule has 0 saturated carbocycles. The molecule has 0 aliphatic carbocycles. The third-order valence-corrected chi connectivity index (χ3v) is 2.10. The molecule has 1 aromatic carbocycles. The monoisotopic (exact) mass is 197 g/mol. The maximum absolute atomic E-state index is 9.58. The Morgan fingerprint density at radius 3 is 2.50 bits per heavy atom. The van der Waals surface area contributed by atoms with Crippen molar-refractivity contribution in [2.75, 3.05) is 13.6 Å². The molecule has 1 unspecified atom stereocenters. The average Bonchev–Trinajstić information content (AvgIpc) is 2.11. The number of rotatable bonds is 3. The highest BCUT2D eigenvalue weighted by atomic mass is 16.3. The maximum Gasteiger partial charge on any atom is 0.121 e. The van der Waals surface area contributed by atoms with Gasteiger partial charge in [0.25, 0.3) is 0 Å². The molecular weight excluding hydrogens is 182 g/mol. The molecule has 4 N–H and O–H groups in total. The van der Waals surface area contributed by atoms with Crippen molar-refractivity contribution in [3.05, 3.63) is 23.3 Å². The Kier molecular flexibility index (Phi) is 3.33. The predicted octanol–water partition coefficient (Wildman–Crippen LogP) is 0.659. The largest absolute Gasteiger partial charge is 0.508 e. The van der Waals surface area contributed by atoms with E-state index in [1.807, 2.05) is 0 Å². The van der Waals surface area contributed by atoms with Crippen molar-refractivity contribution in [1.29, 1.82) is 0 Å². The molecule has 4 nitrogen and oxygen atoms in total. The van der Waals surface area contributed by atoms with Crippen molar-refractivity contribution in [2.45, 2.75) is 13.0 Å². The molecule has 0 heterocycles. The van der Waals surface area contributed by atoms with Crippen LogP contribution in [-0.4, -0.2) is 28.9 Å². The normalized spacial score (nSPS) is 12.8. The van der Waals surface area contributed by atoms with E-state index in [0.717, 1.165) is 0 Å². The Morgan fingerprint density at radius 1 is 1.29 bits per heavy atom. The minimum absolute atomic E-state index is 0.00282. The maximum atomic E-state index is 9.58. The number of likely N-dealkylation sites (N-methyl/N-ethyl adjacent to an activating group) is 1. The Bertz CT molecular complexity index is 325. The van der Waals surface area contributed by atoms with Crippen LogP contribution in [0.1, 0.15) is 17.2 Å². The van der Waals surface area contributed by atoms with Crippen molar-refractivity contribution in [3.8, 4) is 11.5 Å². The van der Waals surface area contributed by atoms with Gasteiger partial charge in [-0.15, -0.1) is 0 Å². The molecule has 14 heavy (non-hydrogen) atoms. The van der Waals surface area contributed by atoms with E-state index in [0.29, 0.717) is 17.7 Å². The molecule has 1 atom stereocenters. The Labute approximate surface area is 82.8 Å². The number of nitrogens with one attached hydrogen (secondary N) is 1. The van der Waals surface area contributed by atoms with E-state index in [9.17, 15) is 15.3 Å². The summed E-state index contributed by atoms with van der Waals surface area (Å²) in [5.74, 6) is 0.0796. The summed E-state index contributed by atoms with van der Waals surface area (Å²) >= 11 is 0. The van der Waals surface area contributed by atoms with Gasteiger partial charge in [-0.2, -0.15) is 0 Å². The van der Waals surface area contributed by atoms with Gasteiger partial charge in [-0.1, -0.05) is 0 Å². The zero-order chi connectivity index (χ0) is 10.7. The van der Waals surface area contributed by atoms with Crippen LogP contribution in [-0.2, 0) is 0 Å². The summed E-state index contributed by atoms with van der Waals surface area (Å²) in [4.78, 5) is 0. The third-order valence-electron chi connectivity index (χ3n) is 2.10. The van der Waals surface area contributed by atoms with Gasteiger partial charge in [-0.05, 0) is 31.7 Å². The number of phenolic OH excluding ortho intramolecular Hbond substituents is 2. The van der Waals surface area contributed by atoms with Crippen molar-refractivity contribution < 1.29 is 15.3 Å². The first-order chi connectivity index (χ1) is 6.56. The van der Waals surface area contributed by atoms with Gasteiger partial charge in [0.15, 0.2) is 0 Å². The van der Waals surface area contributed by atoms with Gasteiger partial charge in [0.1, 0.15) is 11.5 Å². The van der Waals surface area contributed by atoms with E-state index < -0.39 is 6.10 Å². The van der Waals surface area contributed by atoms with E-state index in [1.165, 1.54) is 12.1 Å². The van der Waals surface area contributed by atoms with E-state index in [2.05, 4.69) is 5.32 Å². The molecule has 0 aliphatic rings.